The second-order valence-corrected chi connectivity index (χ2v) is 4.93. The van der Waals surface area contributed by atoms with Crippen molar-refractivity contribution >= 4 is 0 Å². The summed E-state index contributed by atoms with van der Waals surface area (Å²) in [6.45, 7) is 3.44. The fraction of sp³-hybridized carbons (Fsp3) is 0.625. The number of methoxy groups -OCH3 is 2. The summed E-state index contributed by atoms with van der Waals surface area (Å²) in [6, 6.07) is 6.30. The van der Waals surface area contributed by atoms with E-state index >= 15 is 0 Å². The third kappa shape index (κ3) is 5.39. The molecule has 0 spiro atoms. The van der Waals surface area contributed by atoms with Gasteiger partial charge in [-0.25, -0.2) is 0 Å². The van der Waals surface area contributed by atoms with Crippen molar-refractivity contribution in [3.05, 3.63) is 23.8 Å². The van der Waals surface area contributed by atoms with Crippen molar-refractivity contribution in [3.8, 4) is 11.5 Å². The lowest BCUT2D eigenvalue weighted by atomic mass is 10.1. The average molecular weight is 281 g/mol. The van der Waals surface area contributed by atoms with Crippen molar-refractivity contribution in [3.63, 3.8) is 0 Å². The van der Waals surface area contributed by atoms with Gasteiger partial charge in [0.15, 0.2) is 11.5 Å². The fourth-order valence-corrected chi connectivity index (χ4v) is 2.15. The van der Waals surface area contributed by atoms with E-state index in [1.54, 1.807) is 14.2 Å². The topological polar surface area (TPSA) is 50.7 Å². The molecule has 20 heavy (non-hydrogen) atoms. The van der Waals surface area contributed by atoms with Crippen LogP contribution in [0, 0.1) is 0 Å². The van der Waals surface area contributed by atoms with E-state index in [0.717, 1.165) is 43.7 Å². The predicted octanol–water partition coefficient (Wildman–Crippen LogP) is 2.91. The van der Waals surface area contributed by atoms with Crippen LogP contribution in [0.25, 0.3) is 0 Å². The number of aliphatic hydroxyl groups excluding tert-OH is 1. The second kappa shape index (κ2) is 9.61. The van der Waals surface area contributed by atoms with E-state index in [1.807, 2.05) is 12.1 Å². The largest absolute Gasteiger partial charge is 0.493 e. The van der Waals surface area contributed by atoms with Crippen molar-refractivity contribution < 1.29 is 14.6 Å². The van der Waals surface area contributed by atoms with Crippen LogP contribution in [0.3, 0.4) is 0 Å². The van der Waals surface area contributed by atoms with Crippen LogP contribution in [0.5, 0.6) is 11.5 Å². The maximum Gasteiger partial charge on any atom is 0.161 e. The standard InChI is InChI=1S/C16H27NO3/c1-13(17-10-6-4-5-7-11-18)14-8-9-15(19-2)16(12-14)20-3/h8-9,12-13,17-18H,4-7,10-11H2,1-3H3. The average Bonchev–Trinajstić information content (AvgIpc) is 2.49. The molecule has 0 heterocycles. The summed E-state index contributed by atoms with van der Waals surface area (Å²) >= 11 is 0. The number of rotatable bonds is 10. The van der Waals surface area contributed by atoms with E-state index in [0.29, 0.717) is 6.61 Å². The zero-order chi connectivity index (χ0) is 14.8. The molecular weight excluding hydrogens is 254 g/mol. The number of hydrogen-bond donors (Lipinski definition) is 2. The molecule has 0 saturated carbocycles. The molecule has 0 radical (unpaired) electrons. The normalized spacial score (nSPS) is 12.2. The van der Waals surface area contributed by atoms with Crippen LogP contribution < -0.4 is 14.8 Å². The summed E-state index contributed by atoms with van der Waals surface area (Å²) < 4.78 is 10.6. The third-order valence-corrected chi connectivity index (χ3v) is 3.44. The zero-order valence-corrected chi connectivity index (χ0v) is 12.8. The number of unbranched alkanes of at least 4 members (excludes halogenated alkanes) is 3. The smallest absolute Gasteiger partial charge is 0.161 e. The molecule has 1 atom stereocenters. The molecule has 0 bridgehead atoms. The van der Waals surface area contributed by atoms with Crippen LogP contribution in [-0.4, -0.2) is 32.5 Å². The van der Waals surface area contributed by atoms with Gasteiger partial charge in [-0.2, -0.15) is 0 Å². The molecule has 4 nitrogen and oxygen atoms in total. The van der Waals surface area contributed by atoms with E-state index in [1.165, 1.54) is 5.56 Å². The van der Waals surface area contributed by atoms with Crippen LogP contribution in [0.15, 0.2) is 18.2 Å². The summed E-state index contributed by atoms with van der Waals surface area (Å²) in [5.41, 5.74) is 1.19. The molecule has 0 aliphatic carbocycles. The molecule has 1 aromatic rings. The highest BCUT2D eigenvalue weighted by atomic mass is 16.5. The van der Waals surface area contributed by atoms with Gasteiger partial charge in [0.2, 0.25) is 0 Å². The number of hydrogen-bond acceptors (Lipinski definition) is 4. The van der Waals surface area contributed by atoms with E-state index in [9.17, 15) is 0 Å². The van der Waals surface area contributed by atoms with Gasteiger partial charge in [0.05, 0.1) is 14.2 Å². The van der Waals surface area contributed by atoms with Crippen LogP contribution >= 0.6 is 0 Å². The quantitative estimate of drug-likeness (QED) is 0.647. The summed E-state index contributed by atoms with van der Waals surface area (Å²) in [4.78, 5) is 0. The van der Waals surface area contributed by atoms with E-state index in [2.05, 4.69) is 18.3 Å². The van der Waals surface area contributed by atoms with Gasteiger partial charge in [-0.3, -0.25) is 0 Å². The lowest BCUT2D eigenvalue weighted by Gasteiger charge is -2.16. The third-order valence-electron chi connectivity index (χ3n) is 3.44. The number of nitrogens with one attached hydrogen (secondary N) is 1. The first-order chi connectivity index (χ1) is 9.72. The molecule has 0 aliphatic heterocycles. The Hall–Kier alpha value is -1.26. The molecule has 0 aliphatic rings. The number of aliphatic hydroxyl groups is 1. The summed E-state index contributed by atoms with van der Waals surface area (Å²) in [6.07, 6.45) is 4.30. The van der Waals surface area contributed by atoms with Gasteiger partial charge >= 0.3 is 0 Å². The van der Waals surface area contributed by atoms with Gasteiger partial charge in [-0.1, -0.05) is 18.9 Å². The van der Waals surface area contributed by atoms with Gasteiger partial charge in [-0.05, 0) is 44.0 Å². The van der Waals surface area contributed by atoms with Crippen LogP contribution in [0.1, 0.15) is 44.2 Å². The molecule has 0 aromatic heterocycles. The maximum atomic E-state index is 8.71. The molecule has 2 N–H and O–H groups in total. The van der Waals surface area contributed by atoms with Crippen molar-refractivity contribution in [2.75, 3.05) is 27.4 Å². The van der Waals surface area contributed by atoms with Gasteiger partial charge in [0, 0.05) is 12.6 Å². The fourth-order valence-electron chi connectivity index (χ4n) is 2.15. The van der Waals surface area contributed by atoms with Crippen molar-refractivity contribution in [1.82, 2.24) is 5.32 Å². The molecule has 1 unspecified atom stereocenters. The Bertz CT molecular complexity index is 382. The highest BCUT2D eigenvalue weighted by molar-refractivity contribution is 5.43. The lowest BCUT2D eigenvalue weighted by molar-refractivity contribution is 0.282. The predicted molar refractivity (Wildman–Crippen MR) is 81.5 cm³/mol. The van der Waals surface area contributed by atoms with E-state index in [4.69, 9.17) is 14.6 Å². The first kappa shape index (κ1) is 16.8. The second-order valence-electron chi connectivity index (χ2n) is 4.93. The first-order valence-electron chi connectivity index (χ1n) is 7.29. The van der Waals surface area contributed by atoms with Gasteiger partial charge in [0.25, 0.3) is 0 Å². The minimum atomic E-state index is 0.285. The minimum Gasteiger partial charge on any atom is -0.493 e. The van der Waals surface area contributed by atoms with E-state index < -0.39 is 0 Å². The van der Waals surface area contributed by atoms with E-state index in [-0.39, 0.29) is 6.04 Å². The zero-order valence-electron chi connectivity index (χ0n) is 12.8. The van der Waals surface area contributed by atoms with Crippen molar-refractivity contribution in [1.29, 1.82) is 0 Å². The molecule has 4 heteroatoms. The Morgan fingerprint density at radius 3 is 2.40 bits per heavy atom. The number of ether oxygens (including phenoxy) is 2. The molecular formula is C16H27NO3. The summed E-state index contributed by atoms with van der Waals surface area (Å²) in [5.74, 6) is 1.52. The van der Waals surface area contributed by atoms with Crippen LogP contribution in [-0.2, 0) is 0 Å². The van der Waals surface area contributed by atoms with Gasteiger partial charge in [0.1, 0.15) is 0 Å². The molecule has 114 valence electrons. The van der Waals surface area contributed by atoms with Crippen LogP contribution in [0.4, 0.5) is 0 Å². The maximum absolute atomic E-state index is 8.71. The molecule has 1 aromatic carbocycles. The summed E-state index contributed by atoms with van der Waals surface area (Å²) in [7, 11) is 3.30. The SMILES string of the molecule is COc1ccc(C(C)NCCCCCCO)cc1OC. The lowest BCUT2D eigenvalue weighted by Crippen LogP contribution is -2.19. The molecule has 1 rings (SSSR count). The molecule has 0 amide bonds. The Morgan fingerprint density at radius 2 is 1.75 bits per heavy atom. The Morgan fingerprint density at radius 1 is 1.05 bits per heavy atom. The summed E-state index contributed by atoms with van der Waals surface area (Å²) in [5, 5.41) is 12.2. The Balaban J connectivity index is 2.41. The van der Waals surface area contributed by atoms with Crippen molar-refractivity contribution in [2.24, 2.45) is 0 Å². The molecule has 0 fully saturated rings. The Kier molecular flexibility index (Phi) is 8.07. The van der Waals surface area contributed by atoms with Crippen LogP contribution in [0.2, 0.25) is 0 Å². The van der Waals surface area contributed by atoms with Crippen molar-refractivity contribution in [2.45, 2.75) is 38.6 Å². The first-order valence-corrected chi connectivity index (χ1v) is 7.29. The highest BCUT2D eigenvalue weighted by Crippen LogP contribution is 2.29. The molecule has 0 saturated heterocycles. The monoisotopic (exact) mass is 281 g/mol. The number of benzene rings is 1. The minimum absolute atomic E-state index is 0.285. The van der Waals surface area contributed by atoms with Gasteiger partial charge in [-0.15, -0.1) is 0 Å². The Labute approximate surface area is 122 Å². The highest BCUT2D eigenvalue weighted by Gasteiger charge is 2.09. The van der Waals surface area contributed by atoms with Gasteiger partial charge < -0.3 is 19.9 Å².